The predicted molar refractivity (Wildman–Crippen MR) is 120 cm³/mol. The molecule has 0 bridgehead atoms. The van der Waals surface area contributed by atoms with Gasteiger partial charge in [-0.15, -0.1) is 9.24 Å². The van der Waals surface area contributed by atoms with Crippen molar-refractivity contribution in [3.8, 4) is 11.5 Å². The first-order valence-electron chi connectivity index (χ1n) is 9.85. The summed E-state index contributed by atoms with van der Waals surface area (Å²) in [4.78, 5) is 14.6. The summed E-state index contributed by atoms with van der Waals surface area (Å²) in [5.41, 5.74) is 1.52. The van der Waals surface area contributed by atoms with Crippen molar-refractivity contribution < 1.29 is 14.3 Å². The topological polar surface area (TPSA) is 50.8 Å². The third kappa shape index (κ3) is 7.18. The Kier molecular flexibility index (Phi) is 8.17. The minimum atomic E-state index is -0.103. The number of aryl methyl sites for hydroxylation is 1. The summed E-state index contributed by atoms with van der Waals surface area (Å²) in [7, 11) is 2.86. The van der Waals surface area contributed by atoms with Gasteiger partial charge >= 0.3 is 0 Å². The van der Waals surface area contributed by atoms with Gasteiger partial charge in [0, 0.05) is 36.4 Å². The van der Waals surface area contributed by atoms with E-state index in [2.05, 4.69) is 38.5 Å². The van der Waals surface area contributed by atoms with Crippen molar-refractivity contribution in [3.05, 3.63) is 59.1 Å². The molecule has 1 amide bonds. The third-order valence-corrected chi connectivity index (χ3v) is 5.90. The van der Waals surface area contributed by atoms with Crippen LogP contribution >= 0.6 is 20.8 Å². The van der Waals surface area contributed by atoms with Gasteiger partial charge in [-0.2, -0.15) is 0 Å². The average Bonchev–Trinajstić information content (AvgIpc) is 2.71. The molecule has 0 spiro atoms. The van der Waals surface area contributed by atoms with E-state index >= 15 is 0 Å². The van der Waals surface area contributed by atoms with Gasteiger partial charge in [-0.1, -0.05) is 29.3 Å². The molecule has 2 aromatic carbocycles. The number of carbonyl (C=O) groups is 1. The second-order valence-corrected chi connectivity index (χ2v) is 8.62. The van der Waals surface area contributed by atoms with E-state index in [4.69, 9.17) is 21.1 Å². The molecule has 2 aromatic rings. The van der Waals surface area contributed by atoms with E-state index in [9.17, 15) is 4.79 Å². The van der Waals surface area contributed by atoms with Crippen LogP contribution in [0.5, 0.6) is 11.5 Å². The second-order valence-electron chi connectivity index (χ2n) is 7.33. The van der Waals surface area contributed by atoms with E-state index in [1.165, 1.54) is 5.56 Å². The van der Waals surface area contributed by atoms with Crippen molar-refractivity contribution in [3.63, 3.8) is 0 Å². The molecule has 3 rings (SSSR count). The Hall–Kier alpha value is -1.81. The van der Waals surface area contributed by atoms with Crippen molar-refractivity contribution in [1.29, 1.82) is 0 Å². The van der Waals surface area contributed by atoms with Gasteiger partial charge in [0.2, 0.25) is 0 Å². The maximum absolute atomic E-state index is 12.2. The molecule has 7 heteroatoms. The zero-order valence-electron chi connectivity index (χ0n) is 16.6. The Morgan fingerprint density at radius 1 is 1.14 bits per heavy atom. The number of amides is 1. The zero-order chi connectivity index (χ0) is 20.6. The van der Waals surface area contributed by atoms with Crippen molar-refractivity contribution in [2.45, 2.75) is 25.0 Å². The number of piperidine rings is 1. The number of nitrogens with one attached hydrogen (secondary N) is 1. The van der Waals surface area contributed by atoms with E-state index < -0.39 is 0 Å². The molecule has 3 unspecified atom stereocenters. The zero-order valence-corrected chi connectivity index (χ0v) is 18.6. The van der Waals surface area contributed by atoms with Gasteiger partial charge in [-0.3, -0.25) is 9.69 Å². The number of nitrogens with zero attached hydrogens (tertiary/aromatic N) is 1. The lowest BCUT2D eigenvalue weighted by molar-refractivity contribution is -0.124. The standard InChI is InChI=1S/C22H28ClN2O3P/c1-16-2-6-18(7-3-16)27-13-12-25-11-10-20(21(29)14-25)24-22(26)15-28-19-8-4-17(23)5-9-19/h2-9,20-21H,10-15,29H2,1H3,(H,24,26). The van der Waals surface area contributed by atoms with Gasteiger partial charge in [0.1, 0.15) is 18.1 Å². The molecular weight excluding hydrogens is 407 g/mol. The van der Waals surface area contributed by atoms with Gasteiger partial charge in [-0.05, 0) is 49.7 Å². The summed E-state index contributed by atoms with van der Waals surface area (Å²) in [6, 6.07) is 15.2. The van der Waals surface area contributed by atoms with Gasteiger partial charge < -0.3 is 14.8 Å². The van der Waals surface area contributed by atoms with Crippen LogP contribution in [0.25, 0.3) is 0 Å². The van der Waals surface area contributed by atoms with Gasteiger partial charge in [0.05, 0.1) is 0 Å². The average molecular weight is 435 g/mol. The molecule has 1 aliphatic heterocycles. The number of carbonyl (C=O) groups excluding carboxylic acids is 1. The lowest BCUT2D eigenvalue weighted by Gasteiger charge is -2.37. The van der Waals surface area contributed by atoms with Crippen LogP contribution in [0.2, 0.25) is 5.02 Å². The summed E-state index contributed by atoms with van der Waals surface area (Å²) in [6.07, 6.45) is 0.908. The number of hydrogen-bond donors (Lipinski definition) is 1. The molecule has 5 nitrogen and oxygen atoms in total. The number of rotatable bonds is 8. The molecule has 1 N–H and O–H groups in total. The highest BCUT2D eigenvalue weighted by Crippen LogP contribution is 2.19. The van der Waals surface area contributed by atoms with E-state index in [1.807, 2.05) is 12.1 Å². The Balaban J connectivity index is 1.35. The van der Waals surface area contributed by atoms with Crippen molar-refractivity contribution in [2.24, 2.45) is 0 Å². The van der Waals surface area contributed by atoms with Crippen LogP contribution in [0.4, 0.5) is 0 Å². The molecule has 156 valence electrons. The van der Waals surface area contributed by atoms with Crippen LogP contribution in [0.15, 0.2) is 48.5 Å². The molecule has 0 radical (unpaired) electrons. The highest BCUT2D eigenvalue weighted by molar-refractivity contribution is 7.17. The second kappa shape index (κ2) is 10.8. The molecule has 29 heavy (non-hydrogen) atoms. The van der Waals surface area contributed by atoms with Crippen molar-refractivity contribution in [2.75, 3.05) is 32.8 Å². The monoisotopic (exact) mass is 434 g/mol. The quantitative estimate of drug-likeness (QED) is 0.646. The Bertz CT molecular complexity index is 786. The van der Waals surface area contributed by atoms with Crippen LogP contribution in [-0.2, 0) is 4.79 Å². The molecule has 1 heterocycles. The first kappa shape index (κ1) is 21.9. The fraction of sp³-hybridized carbons (Fsp3) is 0.409. The van der Waals surface area contributed by atoms with Crippen LogP contribution in [0.1, 0.15) is 12.0 Å². The predicted octanol–water partition coefficient (Wildman–Crippen LogP) is 3.54. The molecule has 0 aliphatic carbocycles. The minimum absolute atomic E-state index is 0.00359. The Morgan fingerprint density at radius 2 is 1.79 bits per heavy atom. The third-order valence-electron chi connectivity index (χ3n) is 4.97. The Labute approximate surface area is 179 Å². The maximum Gasteiger partial charge on any atom is 0.258 e. The van der Waals surface area contributed by atoms with E-state index in [0.717, 1.165) is 31.8 Å². The molecule has 0 aromatic heterocycles. The maximum atomic E-state index is 12.2. The molecule has 1 aliphatic rings. The molecule has 3 atom stereocenters. The SMILES string of the molecule is Cc1ccc(OCCN2CCC(NC(=O)COc3ccc(Cl)cc3)C(P)C2)cc1. The number of halogens is 1. The van der Waals surface area contributed by atoms with E-state index in [-0.39, 0.29) is 18.6 Å². The lowest BCUT2D eigenvalue weighted by Crippen LogP contribution is -2.53. The fourth-order valence-corrected chi connectivity index (χ4v) is 4.00. The number of ether oxygens (including phenoxy) is 2. The smallest absolute Gasteiger partial charge is 0.258 e. The first-order valence-corrected chi connectivity index (χ1v) is 10.9. The fourth-order valence-electron chi connectivity index (χ4n) is 3.29. The van der Waals surface area contributed by atoms with Crippen molar-refractivity contribution >= 4 is 26.7 Å². The largest absolute Gasteiger partial charge is 0.492 e. The molecule has 1 fully saturated rings. The molecule has 0 saturated carbocycles. The normalized spacial score (nSPS) is 19.6. The van der Waals surface area contributed by atoms with Crippen molar-refractivity contribution in [1.82, 2.24) is 10.2 Å². The number of benzene rings is 2. The number of hydrogen-bond acceptors (Lipinski definition) is 4. The van der Waals surface area contributed by atoms with Crippen LogP contribution in [0.3, 0.4) is 0 Å². The summed E-state index contributed by atoms with van der Waals surface area (Å²) in [5.74, 6) is 1.43. The van der Waals surface area contributed by atoms with Crippen LogP contribution < -0.4 is 14.8 Å². The first-order chi connectivity index (χ1) is 14.0. The number of likely N-dealkylation sites (tertiary alicyclic amines) is 1. The molecular formula is C22H28ClN2O3P. The highest BCUT2D eigenvalue weighted by atomic mass is 35.5. The van der Waals surface area contributed by atoms with E-state index in [1.54, 1.807) is 24.3 Å². The summed E-state index contributed by atoms with van der Waals surface area (Å²) in [5, 5.41) is 3.73. The highest BCUT2D eigenvalue weighted by Gasteiger charge is 2.27. The summed E-state index contributed by atoms with van der Waals surface area (Å²) in [6.45, 7) is 5.45. The van der Waals surface area contributed by atoms with Crippen LogP contribution in [-0.4, -0.2) is 55.4 Å². The summed E-state index contributed by atoms with van der Waals surface area (Å²) >= 11 is 5.85. The minimum Gasteiger partial charge on any atom is -0.492 e. The summed E-state index contributed by atoms with van der Waals surface area (Å²) < 4.78 is 11.3. The molecule has 1 saturated heterocycles. The van der Waals surface area contributed by atoms with Gasteiger partial charge in [0.25, 0.3) is 5.91 Å². The lowest BCUT2D eigenvalue weighted by atomic mass is 10.0. The van der Waals surface area contributed by atoms with Gasteiger partial charge in [0.15, 0.2) is 6.61 Å². The van der Waals surface area contributed by atoms with Crippen LogP contribution in [0, 0.1) is 6.92 Å². The Morgan fingerprint density at radius 3 is 2.48 bits per heavy atom. The van der Waals surface area contributed by atoms with E-state index in [0.29, 0.717) is 23.0 Å². The van der Waals surface area contributed by atoms with Gasteiger partial charge in [-0.25, -0.2) is 0 Å².